The number of aliphatic hydroxyl groups excluding tert-OH is 1. The zero-order chi connectivity index (χ0) is 11.5. The lowest BCUT2D eigenvalue weighted by Crippen LogP contribution is -2.12. The van der Waals surface area contributed by atoms with Crippen molar-refractivity contribution in [1.82, 2.24) is 19.1 Å². The molecule has 86 valence electrons. The first kappa shape index (κ1) is 10.9. The molecule has 2 aromatic rings. The summed E-state index contributed by atoms with van der Waals surface area (Å²) in [5.74, 6) is 0.637. The van der Waals surface area contributed by atoms with Gasteiger partial charge in [0.1, 0.15) is 5.82 Å². The van der Waals surface area contributed by atoms with Crippen LogP contribution in [-0.4, -0.2) is 24.2 Å². The number of rotatable bonds is 4. The fraction of sp³-hybridized carbons (Fsp3) is 0.455. The topological polar surface area (TPSA) is 55.9 Å². The molecule has 0 radical (unpaired) electrons. The molecule has 2 rings (SSSR count). The molecule has 1 unspecified atom stereocenters. The molecule has 0 saturated heterocycles. The predicted octanol–water partition coefficient (Wildman–Crippen LogP) is 1.11. The van der Waals surface area contributed by atoms with Crippen LogP contribution < -0.4 is 0 Å². The summed E-state index contributed by atoms with van der Waals surface area (Å²) in [5, 5.41) is 10.2. The molecule has 1 N–H and O–H groups in total. The fourth-order valence-corrected chi connectivity index (χ4v) is 1.76. The maximum absolute atomic E-state index is 10.2. The van der Waals surface area contributed by atoms with Crippen molar-refractivity contribution in [2.45, 2.75) is 26.0 Å². The maximum Gasteiger partial charge on any atom is 0.153 e. The zero-order valence-electron chi connectivity index (χ0n) is 9.54. The van der Waals surface area contributed by atoms with E-state index in [2.05, 4.69) is 16.9 Å². The first-order valence-electron chi connectivity index (χ1n) is 5.39. The zero-order valence-corrected chi connectivity index (χ0v) is 9.54. The molecule has 0 aliphatic carbocycles. The van der Waals surface area contributed by atoms with E-state index in [-0.39, 0.29) is 0 Å². The van der Waals surface area contributed by atoms with Gasteiger partial charge in [0.05, 0.1) is 18.2 Å². The summed E-state index contributed by atoms with van der Waals surface area (Å²) in [6.45, 7) is 2.95. The van der Waals surface area contributed by atoms with Gasteiger partial charge >= 0.3 is 0 Å². The van der Waals surface area contributed by atoms with E-state index in [0.29, 0.717) is 5.82 Å². The van der Waals surface area contributed by atoms with Gasteiger partial charge < -0.3 is 14.2 Å². The number of hydrogen-bond acceptors (Lipinski definition) is 3. The van der Waals surface area contributed by atoms with Crippen molar-refractivity contribution in [3.05, 3.63) is 36.4 Å². The lowest BCUT2D eigenvalue weighted by molar-refractivity contribution is 0.196. The Morgan fingerprint density at radius 2 is 2.31 bits per heavy atom. The molecule has 5 heteroatoms. The standard InChI is InChI=1S/C11H16N4O/c1-3-5-15-8-12-7-9(15)10(16)11-13-4-6-14(11)2/h4,6-8,10,16H,3,5H2,1-2H3. The monoisotopic (exact) mass is 220 g/mol. The molecular formula is C11H16N4O. The second-order valence-electron chi connectivity index (χ2n) is 3.81. The Balaban J connectivity index is 2.30. The van der Waals surface area contributed by atoms with E-state index in [1.807, 2.05) is 22.4 Å². The molecular weight excluding hydrogens is 204 g/mol. The quantitative estimate of drug-likeness (QED) is 0.839. The SMILES string of the molecule is CCCn1cncc1C(O)c1nccn1C. The number of imidazole rings is 2. The summed E-state index contributed by atoms with van der Waals surface area (Å²) in [6.07, 6.45) is 7.23. The lowest BCUT2D eigenvalue weighted by Gasteiger charge is -2.13. The van der Waals surface area contributed by atoms with Crippen LogP contribution in [0.4, 0.5) is 0 Å². The smallest absolute Gasteiger partial charge is 0.153 e. The van der Waals surface area contributed by atoms with Gasteiger partial charge in [-0.3, -0.25) is 0 Å². The minimum absolute atomic E-state index is 0.637. The number of aliphatic hydroxyl groups is 1. The number of aryl methyl sites for hydroxylation is 2. The van der Waals surface area contributed by atoms with Crippen LogP contribution >= 0.6 is 0 Å². The molecule has 0 aliphatic rings. The molecule has 1 atom stereocenters. The van der Waals surface area contributed by atoms with E-state index in [1.54, 1.807) is 18.7 Å². The highest BCUT2D eigenvalue weighted by Gasteiger charge is 2.18. The normalized spacial score (nSPS) is 12.9. The molecule has 0 bridgehead atoms. The van der Waals surface area contributed by atoms with Crippen molar-refractivity contribution >= 4 is 0 Å². The van der Waals surface area contributed by atoms with Gasteiger partial charge in [-0.05, 0) is 6.42 Å². The second-order valence-corrected chi connectivity index (χ2v) is 3.81. The molecule has 0 amide bonds. The van der Waals surface area contributed by atoms with E-state index in [0.717, 1.165) is 18.7 Å². The average molecular weight is 220 g/mol. The molecule has 0 aromatic carbocycles. The summed E-state index contributed by atoms with van der Waals surface area (Å²) in [6, 6.07) is 0. The Hall–Kier alpha value is -1.62. The van der Waals surface area contributed by atoms with Crippen LogP contribution in [0.25, 0.3) is 0 Å². The van der Waals surface area contributed by atoms with Crippen LogP contribution in [0.15, 0.2) is 24.9 Å². The van der Waals surface area contributed by atoms with Crippen molar-refractivity contribution in [3.63, 3.8) is 0 Å². The highest BCUT2D eigenvalue weighted by molar-refractivity contribution is 5.13. The lowest BCUT2D eigenvalue weighted by atomic mass is 10.2. The Morgan fingerprint density at radius 1 is 1.50 bits per heavy atom. The van der Waals surface area contributed by atoms with E-state index in [1.165, 1.54) is 0 Å². The van der Waals surface area contributed by atoms with Crippen molar-refractivity contribution in [2.24, 2.45) is 7.05 Å². The minimum atomic E-state index is -0.714. The molecule has 5 nitrogen and oxygen atoms in total. The Morgan fingerprint density at radius 3 is 2.94 bits per heavy atom. The van der Waals surface area contributed by atoms with Gasteiger partial charge in [0, 0.05) is 26.0 Å². The molecule has 2 aromatic heterocycles. The van der Waals surface area contributed by atoms with Gasteiger partial charge in [-0.15, -0.1) is 0 Å². The van der Waals surface area contributed by atoms with Crippen LogP contribution in [0.3, 0.4) is 0 Å². The van der Waals surface area contributed by atoms with Gasteiger partial charge in [-0.25, -0.2) is 9.97 Å². The van der Waals surface area contributed by atoms with Gasteiger partial charge in [0.15, 0.2) is 6.10 Å². The third-order valence-electron chi connectivity index (χ3n) is 2.59. The third-order valence-corrected chi connectivity index (χ3v) is 2.59. The van der Waals surface area contributed by atoms with Gasteiger partial charge in [-0.2, -0.15) is 0 Å². The summed E-state index contributed by atoms with van der Waals surface area (Å²) >= 11 is 0. The van der Waals surface area contributed by atoms with Crippen LogP contribution in [0.1, 0.15) is 31.0 Å². The summed E-state index contributed by atoms with van der Waals surface area (Å²) in [5.41, 5.74) is 0.788. The Bertz CT molecular complexity index is 460. The van der Waals surface area contributed by atoms with Crippen molar-refractivity contribution in [3.8, 4) is 0 Å². The van der Waals surface area contributed by atoms with Crippen LogP contribution in [0.2, 0.25) is 0 Å². The molecule has 0 fully saturated rings. The highest BCUT2D eigenvalue weighted by Crippen LogP contribution is 2.19. The van der Waals surface area contributed by atoms with Crippen molar-refractivity contribution in [1.29, 1.82) is 0 Å². The predicted molar refractivity (Wildman–Crippen MR) is 59.8 cm³/mol. The maximum atomic E-state index is 10.2. The number of nitrogens with zero attached hydrogens (tertiary/aromatic N) is 4. The van der Waals surface area contributed by atoms with E-state index in [4.69, 9.17) is 0 Å². The third kappa shape index (κ3) is 1.86. The van der Waals surface area contributed by atoms with Crippen molar-refractivity contribution < 1.29 is 5.11 Å². The number of aromatic nitrogens is 4. The van der Waals surface area contributed by atoms with Crippen LogP contribution in [0.5, 0.6) is 0 Å². The largest absolute Gasteiger partial charge is 0.379 e. The van der Waals surface area contributed by atoms with Crippen molar-refractivity contribution in [2.75, 3.05) is 0 Å². The summed E-state index contributed by atoms with van der Waals surface area (Å²) in [4.78, 5) is 8.21. The number of hydrogen-bond donors (Lipinski definition) is 1. The molecule has 16 heavy (non-hydrogen) atoms. The Labute approximate surface area is 94.4 Å². The van der Waals surface area contributed by atoms with Gasteiger partial charge in [-0.1, -0.05) is 6.92 Å². The first-order chi connectivity index (χ1) is 7.74. The minimum Gasteiger partial charge on any atom is -0.379 e. The summed E-state index contributed by atoms with van der Waals surface area (Å²) < 4.78 is 3.77. The molecule has 0 aliphatic heterocycles. The van der Waals surface area contributed by atoms with E-state index < -0.39 is 6.10 Å². The molecule has 2 heterocycles. The van der Waals surface area contributed by atoms with Gasteiger partial charge in [0.2, 0.25) is 0 Å². The molecule has 0 spiro atoms. The first-order valence-corrected chi connectivity index (χ1v) is 5.39. The van der Waals surface area contributed by atoms with Gasteiger partial charge in [0.25, 0.3) is 0 Å². The highest BCUT2D eigenvalue weighted by atomic mass is 16.3. The Kier molecular flexibility index (Phi) is 3.05. The summed E-state index contributed by atoms with van der Waals surface area (Å²) in [7, 11) is 1.87. The van der Waals surface area contributed by atoms with E-state index in [9.17, 15) is 5.11 Å². The average Bonchev–Trinajstić information content (AvgIpc) is 2.87. The van der Waals surface area contributed by atoms with Crippen LogP contribution in [-0.2, 0) is 13.6 Å². The fourth-order valence-electron chi connectivity index (χ4n) is 1.76. The van der Waals surface area contributed by atoms with Crippen LogP contribution in [0, 0.1) is 0 Å². The molecule has 0 saturated carbocycles. The van der Waals surface area contributed by atoms with E-state index >= 15 is 0 Å². The second kappa shape index (κ2) is 4.49.